The number of anilines is 1. The van der Waals surface area contributed by atoms with E-state index in [4.69, 9.17) is 4.74 Å². The van der Waals surface area contributed by atoms with Crippen molar-refractivity contribution < 1.29 is 9.53 Å². The lowest BCUT2D eigenvalue weighted by Crippen LogP contribution is -2.35. The molecule has 1 N–H and O–H groups in total. The van der Waals surface area contributed by atoms with Gasteiger partial charge in [0.15, 0.2) is 0 Å². The molecule has 0 heterocycles. The second kappa shape index (κ2) is 5.89. The first-order chi connectivity index (χ1) is 7.54. The highest BCUT2D eigenvalue weighted by molar-refractivity contribution is 9.10. The summed E-state index contributed by atoms with van der Waals surface area (Å²) < 4.78 is 5.74. The number of nitrogens with one attached hydrogen (secondary N) is 1. The van der Waals surface area contributed by atoms with Crippen molar-refractivity contribution >= 4 is 27.6 Å². The summed E-state index contributed by atoms with van der Waals surface area (Å²) in [6.45, 7) is 3.96. The highest BCUT2D eigenvalue weighted by Crippen LogP contribution is 2.18. The molecule has 0 saturated carbocycles. The Bertz CT molecular complexity index is 366. The van der Waals surface area contributed by atoms with E-state index in [-0.39, 0.29) is 17.9 Å². The number of ether oxygens (including phenoxy) is 1. The molecule has 0 aliphatic carbocycles. The van der Waals surface area contributed by atoms with E-state index in [0.717, 1.165) is 10.2 Å². The van der Waals surface area contributed by atoms with Crippen molar-refractivity contribution in [2.75, 3.05) is 12.4 Å². The SMILES string of the molecule is COC(=O)C(Nc1cccc(Br)c1)C(C)C. The van der Waals surface area contributed by atoms with Gasteiger partial charge in [-0.3, -0.25) is 0 Å². The largest absolute Gasteiger partial charge is 0.467 e. The molecule has 0 aliphatic rings. The molecule has 0 fully saturated rings. The zero-order valence-electron chi connectivity index (χ0n) is 9.66. The number of methoxy groups -OCH3 is 1. The number of esters is 1. The van der Waals surface area contributed by atoms with Gasteiger partial charge in [0.1, 0.15) is 6.04 Å². The maximum absolute atomic E-state index is 11.5. The lowest BCUT2D eigenvalue weighted by Gasteiger charge is -2.21. The van der Waals surface area contributed by atoms with Gasteiger partial charge in [-0.2, -0.15) is 0 Å². The fourth-order valence-corrected chi connectivity index (χ4v) is 1.78. The van der Waals surface area contributed by atoms with Crippen LogP contribution in [-0.2, 0) is 9.53 Å². The summed E-state index contributed by atoms with van der Waals surface area (Å²) >= 11 is 3.39. The smallest absolute Gasteiger partial charge is 0.328 e. The minimum atomic E-state index is -0.320. The summed E-state index contributed by atoms with van der Waals surface area (Å²) in [5.74, 6) is -0.0681. The maximum Gasteiger partial charge on any atom is 0.328 e. The topological polar surface area (TPSA) is 38.3 Å². The average Bonchev–Trinajstić information content (AvgIpc) is 2.24. The molecule has 1 aromatic rings. The molecule has 0 aromatic heterocycles. The van der Waals surface area contributed by atoms with Gasteiger partial charge in [0, 0.05) is 10.2 Å². The molecule has 3 nitrogen and oxygen atoms in total. The number of hydrogen-bond acceptors (Lipinski definition) is 3. The Morgan fingerprint density at radius 1 is 1.44 bits per heavy atom. The van der Waals surface area contributed by atoms with Gasteiger partial charge in [0.2, 0.25) is 0 Å². The number of carbonyl (C=O) groups excluding carboxylic acids is 1. The summed E-state index contributed by atoms with van der Waals surface area (Å²) in [6, 6.07) is 7.38. The van der Waals surface area contributed by atoms with Gasteiger partial charge < -0.3 is 10.1 Å². The van der Waals surface area contributed by atoms with E-state index in [2.05, 4.69) is 21.2 Å². The van der Waals surface area contributed by atoms with Crippen LogP contribution in [0.3, 0.4) is 0 Å². The van der Waals surface area contributed by atoms with Gasteiger partial charge in [0.25, 0.3) is 0 Å². The standard InChI is InChI=1S/C12H16BrNO2/c1-8(2)11(12(15)16-3)14-10-6-4-5-9(13)7-10/h4-8,11,14H,1-3H3. The van der Waals surface area contributed by atoms with Crippen LogP contribution in [0.4, 0.5) is 5.69 Å². The van der Waals surface area contributed by atoms with Crippen molar-refractivity contribution in [2.45, 2.75) is 19.9 Å². The Labute approximate surface area is 104 Å². The zero-order valence-corrected chi connectivity index (χ0v) is 11.2. The molecule has 0 bridgehead atoms. The molecule has 0 amide bonds. The van der Waals surface area contributed by atoms with E-state index >= 15 is 0 Å². The zero-order chi connectivity index (χ0) is 12.1. The minimum Gasteiger partial charge on any atom is -0.467 e. The maximum atomic E-state index is 11.5. The molecule has 0 radical (unpaired) electrons. The van der Waals surface area contributed by atoms with Crippen molar-refractivity contribution in [3.05, 3.63) is 28.7 Å². The van der Waals surface area contributed by atoms with Gasteiger partial charge in [-0.25, -0.2) is 4.79 Å². The summed E-state index contributed by atoms with van der Waals surface area (Å²) in [7, 11) is 1.40. The highest BCUT2D eigenvalue weighted by atomic mass is 79.9. The lowest BCUT2D eigenvalue weighted by atomic mass is 10.0. The van der Waals surface area contributed by atoms with Gasteiger partial charge >= 0.3 is 5.97 Å². The molecule has 16 heavy (non-hydrogen) atoms. The molecule has 0 aliphatic heterocycles. The Balaban J connectivity index is 2.79. The molecule has 0 saturated heterocycles. The third kappa shape index (κ3) is 3.52. The monoisotopic (exact) mass is 285 g/mol. The second-order valence-electron chi connectivity index (χ2n) is 3.90. The Morgan fingerprint density at radius 3 is 2.62 bits per heavy atom. The molecule has 0 spiro atoms. The Hall–Kier alpha value is -1.03. The normalized spacial score (nSPS) is 12.3. The van der Waals surface area contributed by atoms with Crippen molar-refractivity contribution in [1.29, 1.82) is 0 Å². The number of halogens is 1. The van der Waals surface area contributed by atoms with Crippen LogP contribution in [0.1, 0.15) is 13.8 Å². The number of benzene rings is 1. The average molecular weight is 286 g/mol. The van der Waals surface area contributed by atoms with Crippen LogP contribution in [0, 0.1) is 5.92 Å². The van der Waals surface area contributed by atoms with E-state index in [9.17, 15) is 4.79 Å². The fraction of sp³-hybridized carbons (Fsp3) is 0.417. The molecular weight excluding hydrogens is 270 g/mol. The van der Waals surface area contributed by atoms with Crippen LogP contribution in [0.5, 0.6) is 0 Å². The first-order valence-electron chi connectivity index (χ1n) is 5.14. The van der Waals surface area contributed by atoms with Crippen LogP contribution in [0.25, 0.3) is 0 Å². The van der Waals surface area contributed by atoms with Gasteiger partial charge in [-0.1, -0.05) is 35.8 Å². The molecule has 1 atom stereocenters. The number of carbonyl (C=O) groups is 1. The molecule has 1 unspecified atom stereocenters. The molecule has 4 heteroatoms. The molecule has 1 aromatic carbocycles. The van der Waals surface area contributed by atoms with Crippen molar-refractivity contribution in [3.8, 4) is 0 Å². The van der Waals surface area contributed by atoms with Crippen LogP contribution in [0.2, 0.25) is 0 Å². The van der Waals surface area contributed by atoms with Gasteiger partial charge in [0.05, 0.1) is 7.11 Å². The summed E-state index contributed by atoms with van der Waals surface area (Å²) in [4.78, 5) is 11.5. The lowest BCUT2D eigenvalue weighted by molar-refractivity contribution is -0.142. The highest BCUT2D eigenvalue weighted by Gasteiger charge is 2.22. The molecular formula is C12H16BrNO2. The Kier molecular flexibility index (Phi) is 4.80. The quantitative estimate of drug-likeness (QED) is 0.864. The third-order valence-electron chi connectivity index (χ3n) is 2.27. The van der Waals surface area contributed by atoms with Crippen molar-refractivity contribution in [2.24, 2.45) is 5.92 Å². The fourth-order valence-electron chi connectivity index (χ4n) is 1.38. The predicted octanol–water partition coefficient (Wildman–Crippen LogP) is 3.06. The number of hydrogen-bond donors (Lipinski definition) is 1. The minimum absolute atomic E-state index is 0.173. The van der Waals surface area contributed by atoms with Gasteiger partial charge in [-0.15, -0.1) is 0 Å². The van der Waals surface area contributed by atoms with Crippen LogP contribution in [0.15, 0.2) is 28.7 Å². The first-order valence-corrected chi connectivity index (χ1v) is 5.94. The van der Waals surface area contributed by atoms with Crippen molar-refractivity contribution in [3.63, 3.8) is 0 Å². The molecule has 1 rings (SSSR count). The summed E-state index contributed by atoms with van der Waals surface area (Å²) in [6.07, 6.45) is 0. The van der Waals surface area contributed by atoms with Crippen LogP contribution in [-0.4, -0.2) is 19.1 Å². The second-order valence-corrected chi connectivity index (χ2v) is 4.82. The van der Waals surface area contributed by atoms with E-state index in [1.165, 1.54) is 7.11 Å². The third-order valence-corrected chi connectivity index (χ3v) is 2.76. The predicted molar refractivity (Wildman–Crippen MR) is 68.4 cm³/mol. The van der Waals surface area contributed by atoms with Crippen LogP contribution < -0.4 is 5.32 Å². The van der Waals surface area contributed by atoms with E-state index in [1.54, 1.807) is 0 Å². The summed E-state index contributed by atoms with van der Waals surface area (Å²) in [5, 5.41) is 3.17. The Morgan fingerprint density at radius 2 is 2.12 bits per heavy atom. The number of rotatable bonds is 4. The molecule has 88 valence electrons. The summed E-state index contributed by atoms with van der Waals surface area (Å²) in [5.41, 5.74) is 0.901. The van der Waals surface area contributed by atoms with Crippen LogP contribution >= 0.6 is 15.9 Å². The van der Waals surface area contributed by atoms with E-state index in [0.29, 0.717) is 0 Å². The van der Waals surface area contributed by atoms with E-state index in [1.807, 2.05) is 38.1 Å². The van der Waals surface area contributed by atoms with E-state index < -0.39 is 0 Å². The van der Waals surface area contributed by atoms with Gasteiger partial charge in [-0.05, 0) is 24.1 Å². The first kappa shape index (κ1) is 13.0. The van der Waals surface area contributed by atoms with Crippen molar-refractivity contribution in [1.82, 2.24) is 0 Å².